The first-order chi connectivity index (χ1) is 12.6. The number of aliphatic hydroxyl groups excluding tert-OH is 1. The molecule has 0 aliphatic heterocycles. The van der Waals surface area contributed by atoms with Crippen LogP contribution in [0.25, 0.3) is 0 Å². The lowest BCUT2D eigenvalue weighted by Crippen LogP contribution is -2.42. The van der Waals surface area contributed by atoms with E-state index >= 15 is 0 Å². The van der Waals surface area contributed by atoms with Gasteiger partial charge in [0.25, 0.3) is 0 Å². The highest BCUT2D eigenvalue weighted by Gasteiger charge is 2.57. The van der Waals surface area contributed by atoms with Crippen LogP contribution in [0.1, 0.15) is 53.0 Å². The van der Waals surface area contributed by atoms with Gasteiger partial charge in [-0.3, -0.25) is 0 Å². The summed E-state index contributed by atoms with van der Waals surface area (Å²) in [5.41, 5.74) is 0.320. The zero-order valence-corrected chi connectivity index (χ0v) is 17.3. The molecule has 152 valence electrons. The number of benzene rings is 1. The van der Waals surface area contributed by atoms with Gasteiger partial charge in [0.15, 0.2) is 0 Å². The van der Waals surface area contributed by atoms with Crippen LogP contribution in [0.2, 0.25) is 0 Å². The Kier molecular flexibility index (Phi) is 7.29. The molecule has 3 atom stereocenters. The first kappa shape index (κ1) is 21.7. The lowest BCUT2D eigenvalue weighted by molar-refractivity contribution is 0.0345. The summed E-state index contributed by atoms with van der Waals surface area (Å²) in [5, 5.41) is 13.0. The Morgan fingerprint density at radius 1 is 1.30 bits per heavy atom. The van der Waals surface area contributed by atoms with Crippen LogP contribution in [0.4, 0.5) is 4.79 Å². The van der Waals surface area contributed by atoms with Crippen LogP contribution in [0.5, 0.6) is 0 Å². The second-order valence-corrected chi connectivity index (χ2v) is 9.19. The molecule has 0 spiro atoms. The van der Waals surface area contributed by atoms with Crippen molar-refractivity contribution in [3.05, 3.63) is 35.9 Å². The van der Waals surface area contributed by atoms with Crippen molar-refractivity contribution in [2.45, 2.75) is 65.7 Å². The monoisotopic (exact) mass is 377 g/mol. The van der Waals surface area contributed by atoms with Gasteiger partial charge in [-0.05, 0) is 51.0 Å². The van der Waals surface area contributed by atoms with E-state index in [-0.39, 0.29) is 24.0 Å². The second-order valence-electron chi connectivity index (χ2n) is 9.19. The molecule has 0 unspecified atom stereocenters. The third kappa shape index (κ3) is 6.82. The summed E-state index contributed by atoms with van der Waals surface area (Å²) in [5.74, 6) is 0.639. The van der Waals surface area contributed by atoms with Crippen molar-refractivity contribution < 1.29 is 19.4 Å². The van der Waals surface area contributed by atoms with E-state index in [2.05, 4.69) is 19.2 Å². The molecule has 1 aromatic rings. The second kappa shape index (κ2) is 9.07. The third-order valence-electron chi connectivity index (χ3n) is 4.98. The highest BCUT2D eigenvalue weighted by atomic mass is 16.6. The van der Waals surface area contributed by atoms with Gasteiger partial charge in [0, 0.05) is 11.5 Å². The molecule has 2 N–H and O–H groups in total. The average Bonchev–Trinajstić information content (AvgIpc) is 3.28. The molecule has 0 saturated heterocycles. The zero-order valence-electron chi connectivity index (χ0n) is 17.3. The summed E-state index contributed by atoms with van der Waals surface area (Å²) in [6, 6.07) is 10.00. The van der Waals surface area contributed by atoms with E-state index in [0.717, 1.165) is 18.4 Å². The van der Waals surface area contributed by atoms with Crippen molar-refractivity contribution in [2.75, 3.05) is 13.2 Å². The standard InChI is InChI=1S/C22H35NO4/c1-16(2)11-19(23-20(25)27-21(3,4)5)18-12-22(18,14-24)15-26-13-17-9-7-6-8-10-17/h6-10,16,18-19,24H,11-15H2,1-5H3,(H,23,25)/t18-,19+,22+/m1/s1. The highest BCUT2D eigenvalue weighted by molar-refractivity contribution is 5.68. The lowest BCUT2D eigenvalue weighted by Gasteiger charge is -2.26. The molecule has 1 amide bonds. The third-order valence-corrected chi connectivity index (χ3v) is 4.98. The molecule has 5 heteroatoms. The fraction of sp³-hybridized carbons (Fsp3) is 0.682. The van der Waals surface area contributed by atoms with Crippen molar-refractivity contribution >= 4 is 6.09 Å². The Bertz CT molecular complexity index is 596. The maximum atomic E-state index is 12.3. The first-order valence-corrected chi connectivity index (χ1v) is 9.87. The number of aliphatic hydroxyl groups is 1. The van der Waals surface area contributed by atoms with Crippen LogP contribution in [0.3, 0.4) is 0 Å². The van der Waals surface area contributed by atoms with Gasteiger partial charge in [-0.1, -0.05) is 44.2 Å². The molecule has 2 rings (SSSR count). The summed E-state index contributed by atoms with van der Waals surface area (Å²) in [6.07, 6.45) is 1.31. The number of hydrogen-bond donors (Lipinski definition) is 2. The van der Waals surface area contributed by atoms with Crippen LogP contribution in [0.15, 0.2) is 30.3 Å². The molecule has 1 aliphatic carbocycles. The summed E-state index contributed by atoms with van der Waals surface area (Å²) in [4.78, 5) is 12.3. The fourth-order valence-electron chi connectivity index (χ4n) is 3.58. The van der Waals surface area contributed by atoms with Gasteiger partial charge in [-0.2, -0.15) is 0 Å². The molecule has 5 nitrogen and oxygen atoms in total. The maximum Gasteiger partial charge on any atom is 0.407 e. The zero-order chi connectivity index (χ0) is 20.1. The van der Waals surface area contributed by atoms with E-state index in [4.69, 9.17) is 9.47 Å². The Labute approximate surface area is 163 Å². The molecule has 27 heavy (non-hydrogen) atoms. The number of hydrogen-bond acceptors (Lipinski definition) is 4. The van der Waals surface area contributed by atoms with Crippen molar-refractivity contribution in [3.63, 3.8) is 0 Å². The largest absolute Gasteiger partial charge is 0.444 e. The fourth-order valence-corrected chi connectivity index (χ4v) is 3.58. The summed E-state index contributed by atoms with van der Waals surface area (Å²) >= 11 is 0. The Morgan fingerprint density at radius 2 is 1.96 bits per heavy atom. The Morgan fingerprint density at radius 3 is 2.52 bits per heavy atom. The van der Waals surface area contributed by atoms with Crippen molar-refractivity contribution in [3.8, 4) is 0 Å². The summed E-state index contributed by atoms with van der Waals surface area (Å²) in [7, 11) is 0. The van der Waals surface area contributed by atoms with E-state index in [1.807, 2.05) is 51.1 Å². The van der Waals surface area contributed by atoms with Gasteiger partial charge >= 0.3 is 6.09 Å². The van der Waals surface area contributed by atoms with Gasteiger partial charge in [-0.15, -0.1) is 0 Å². The molecular weight excluding hydrogens is 342 g/mol. The van der Waals surface area contributed by atoms with Gasteiger partial charge in [0.1, 0.15) is 5.60 Å². The molecular formula is C22H35NO4. The van der Waals surface area contributed by atoms with Gasteiger partial charge in [-0.25, -0.2) is 4.79 Å². The number of nitrogens with one attached hydrogen (secondary N) is 1. The molecule has 1 aromatic carbocycles. The molecule has 1 saturated carbocycles. The minimum absolute atomic E-state index is 0.0210. The maximum absolute atomic E-state index is 12.3. The van der Waals surface area contributed by atoms with Crippen molar-refractivity contribution in [1.82, 2.24) is 5.32 Å². The normalized spacial score (nSPS) is 23.1. The number of ether oxygens (including phenoxy) is 2. The van der Waals surface area contributed by atoms with E-state index in [1.165, 1.54) is 0 Å². The lowest BCUT2D eigenvalue weighted by atomic mass is 9.94. The highest BCUT2D eigenvalue weighted by Crippen LogP contribution is 2.55. The van der Waals surface area contributed by atoms with Gasteiger partial charge in [0.2, 0.25) is 0 Å². The van der Waals surface area contributed by atoms with Gasteiger partial charge in [0.05, 0.1) is 19.8 Å². The predicted molar refractivity (Wildman–Crippen MR) is 106 cm³/mol. The van der Waals surface area contributed by atoms with Crippen LogP contribution in [-0.4, -0.2) is 36.1 Å². The van der Waals surface area contributed by atoms with Gasteiger partial charge < -0.3 is 19.9 Å². The average molecular weight is 378 g/mol. The smallest absolute Gasteiger partial charge is 0.407 e. The number of alkyl carbamates (subject to hydrolysis) is 1. The predicted octanol–water partition coefficient (Wildman–Crippen LogP) is 4.14. The SMILES string of the molecule is CC(C)C[C@H](NC(=O)OC(C)(C)C)[C@H]1C[C@]1(CO)COCc1ccccc1. The summed E-state index contributed by atoms with van der Waals surface area (Å²) in [6.45, 7) is 10.9. The topological polar surface area (TPSA) is 67.8 Å². The number of rotatable bonds is 9. The molecule has 1 fully saturated rings. The molecule has 0 bridgehead atoms. The first-order valence-electron chi connectivity index (χ1n) is 9.87. The number of carbonyl (C=O) groups excluding carboxylic acids is 1. The van der Waals surface area contributed by atoms with Crippen LogP contribution in [0, 0.1) is 17.3 Å². The molecule has 0 radical (unpaired) electrons. The van der Waals surface area contributed by atoms with E-state index in [1.54, 1.807) is 0 Å². The van der Waals surface area contributed by atoms with E-state index < -0.39 is 11.7 Å². The number of amides is 1. The molecule has 1 aliphatic rings. The van der Waals surface area contributed by atoms with Crippen LogP contribution >= 0.6 is 0 Å². The van der Waals surface area contributed by atoms with Crippen LogP contribution in [-0.2, 0) is 16.1 Å². The summed E-state index contributed by atoms with van der Waals surface area (Å²) < 4.78 is 11.3. The Balaban J connectivity index is 1.93. The van der Waals surface area contributed by atoms with Crippen molar-refractivity contribution in [2.24, 2.45) is 17.3 Å². The Hall–Kier alpha value is -1.59. The molecule has 0 heterocycles. The minimum atomic E-state index is -0.525. The van der Waals surface area contributed by atoms with Crippen molar-refractivity contribution in [1.29, 1.82) is 0 Å². The van der Waals surface area contributed by atoms with E-state index in [9.17, 15) is 9.90 Å². The number of carbonyl (C=O) groups is 1. The minimum Gasteiger partial charge on any atom is -0.444 e. The van der Waals surface area contributed by atoms with E-state index in [0.29, 0.717) is 19.1 Å². The molecule has 0 aromatic heterocycles. The van der Waals surface area contributed by atoms with Crippen LogP contribution < -0.4 is 5.32 Å². The quantitative estimate of drug-likeness (QED) is 0.679.